The minimum absolute atomic E-state index is 0.0949. The first kappa shape index (κ1) is 20.4. The Bertz CT molecular complexity index is 907. The molecule has 0 bridgehead atoms. The van der Waals surface area contributed by atoms with Crippen LogP contribution in [0.1, 0.15) is 18.9 Å². The van der Waals surface area contributed by atoms with E-state index >= 15 is 0 Å². The van der Waals surface area contributed by atoms with Gasteiger partial charge in [-0.2, -0.15) is 4.31 Å². The van der Waals surface area contributed by atoms with Gasteiger partial charge in [-0.1, -0.05) is 43.3 Å². The standard InChI is InChI=1S/C21H26N2O4S/c1-3-19(27-20-12-8-7-9-17(20)2)21(24)22-13-15-23(16-14-22)28(25,26)18-10-5-4-6-11-18/h4-12,19H,3,13-16H2,1-2H3. The van der Waals surface area contributed by atoms with Gasteiger partial charge in [0.15, 0.2) is 6.10 Å². The Balaban J connectivity index is 1.63. The first-order valence-corrected chi connectivity index (χ1v) is 10.9. The second-order valence-electron chi connectivity index (χ2n) is 6.82. The van der Waals surface area contributed by atoms with E-state index in [0.717, 1.165) is 5.56 Å². The van der Waals surface area contributed by atoms with Crippen molar-refractivity contribution in [1.82, 2.24) is 9.21 Å². The van der Waals surface area contributed by atoms with Gasteiger partial charge in [-0.05, 0) is 37.1 Å². The lowest BCUT2D eigenvalue weighted by Crippen LogP contribution is -2.53. The van der Waals surface area contributed by atoms with E-state index in [9.17, 15) is 13.2 Å². The van der Waals surface area contributed by atoms with Crippen LogP contribution < -0.4 is 4.74 Å². The fourth-order valence-electron chi connectivity index (χ4n) is 3.24. The molecule has 1 unspecified atom stereocenters. The molecule has 0 aromatic heterocycles. The maximum absolute atomic E-state index is 12.9. The molecule has 1 aliphatic heterocycles. The zero-order chi connectivity index (χ0) is 20.1. The van der Waals surface area contributed by atoms with Crippen LogP contribution in [0, 0.1) is 6.92 Å². The third kappa shape index (κ3) is 4.36. The van der Waals surface area contributed by atoms with E-state index < -0.39 is 16.1 Å². The largest absolute Gasteiger partial charge is 0.480 e. The number of ether oxygens (including phenoxy) is 1. The Morgan fingerprint density at radius 1 is 1.00 bits per heavy atom. The molecule has 1 fully saturated rings. The number of aryl methyl sites for hydroxylation is 1. The van der Waals surface area contributed by atoms with Gasteiger partial charge in [-0.25, -0.2) is 8.42 Å². The second-order valence-corrected chi connectivity index (χ2v) is 8.76. The smallest absolute Gasteiger partial charge is 0.263 e. The second kappa shape index (κ2) is 8.75. The molecule has 1 atom stereocenters. The summed E-state index contributed by atoms with van der Waals surface area (Å²) in [5, 5.41) is 0. The van der Waals surface area contributed by atoms with Crippen molar-refractivity contribution in [3.8, 4) is 5.75 Å². The summed E-state index contributed by atoms with van der Waals surface area (Å²) in [4.78, 5) is 14.9. The predicted octanol–water partition coefficient (Wildman–Crippen LogP) is 2.69. The summed E-state index contributed by atoms with van der Waals surface area (Å²) in [6.45, 7) is 5.14. The van der Waals surface area contributed by atoms with Gasteiger partial charge in [0.05, 0.1) is 4.90 Å². The molecule has 0 aliphatic carbocycles. The van der Waals surface area contributed by atoms with Crippen molar-refractivity contribution in [1.29, 1.82) is 0 Å². The maximum atomic E-state index is 12.9. The molecule has 6 nitrogen and oxygen atoms in total. The van der Waals surface area contributed by atoms with E-state index in [2.05, 4.69) is 0 Å². The van der Waals surface area contributed by atoms with Crippen molar-refractivity contribution in [2.75, 3.05) is 26.2 Å². The Hall–Kier alpha value is -2.38. The molecular weight excluding hydrogens is 376 g/mol. The summed E-state index contributed by atoms with van der Waals surface area (Å²) in [6.07, 6.45) is -0.0197. The molecular formula is C21H26N2O4S. The van der Waals surface area contributed by atoms with Crippen molar-refractivity contribution in [2.24, 2.45) is 0 Å². The first-order chi connectivity index (χ1) is 13.4. The molecule has 1 saturated heterocycles. The molecule has 1 heterocycles. The maximum Gasteiger partial charge on any atom is 0.263 e. The number of hydrogen-bond donors (Lipinski definition) is 0. The van der Waals surface area contributed by atoms with Crippen LogP contribution in [-0.4, -0.2) is 55.8 Å². The molecule has 28 heavy (non-hydrogen) atoms. The van der Waals surface area contributed by atoms with Crippen LogP contribution in [0.5, 0.6) is 5.75 Å². The molecule has 1 amide bonds. The monoisotopic (exact) mass is 402 g/mol. The number of amides is 1. The highest BCUT2D eigenvalue weighted by Crippen LogP contribution is 2.21. The van der Waals surface area contributed by atoms with Gasteiger partial charge in [-0.3, -0.25) is 4.79 Å². The van der Waals surface area contributed by atoms with Crippen LogP contribution in [0.15, 0.2) is 59.5 Å². The number of benzene rings is 2. The number of sulfonamides is 1. The lowest BCUT2D eigenvalue weighted by atomic mass is 10.2. The highest BCUT2D eigenvalue weighted by molar-refractivity contribution is 7.89. The van der Waals surface area contributed by atoms with E-state index in [1.807, 2.05) is 38.1 Å². The minimum atomic E-state index is -3.53. The van der Waals surface area contributed by atoms with E-state index in [1.165, 1.54) is 4.31 Å². The average molecular weight is 403 g/mol. The van der Waals surface area contributed by atoms with Gasteiger partial charge in [0.25, 0.3) is 5.91 Å². The minimum Gasteiger partial charge on any atom is -0.480 e. The van der Waals surface area contributed by atoms with Gasteiger partial charge in [0.1, 0.15) is 5.75 Å². The highest BCUT2D eigenvalue weighted by Gasteiger charge is 2.32. The number of rotatable bonds is 6. The van der Waals surface area contributed by atoms with Crippen LogP contribution in [-0.2, 0) is 14.8 Å². The molecule has 2 aromatic carbocycles. The molecule has 0 saturated carbocycles. The summed E-state index contributed by atoms with van der Waals surface area (Å²) >= 11 is 0. The van der Waals surface area contributed by atoms with Gasteiger partial charge in [0, 0.05) is 26.2 Å². The Morgan fingerprint density at radius 3 is 2.21 bits per heavy atom. The van der Waals surface area contributed by atoms with Crippen LogP contribution in [0.4, 0.5) is 0 Å². The first-order valence-electron chi connectivity index (χ1n) is 9.49. The number of para-hydroxylation sites is 1. The molecule has 3 rings (SSSR count). The van der Waals surface area contributed by atoms with Crippen LogP contribution in [0.25, 0.3) is 0 Å². The zero-order valence-electron chi connectivity index (χ0n) is 16.2. The summed E-state index contributed by atoms with van der Waals surface area (Å²) in [7, 11) is -3.53. The number of piperazine rings is 1. The summed E-state index contributed by atoms with van der Waals surface area (Å²) in [6, 6.07) is 16.0. The van der Waals surface area contributed by atoms with Crippen molar-refractivity contribution in [3.05, 3.63) is 60.2 Å². The number of carbonyl (C=O) groups excluding carboxylic acids is 1. The van der Waals surface area contributed by atoms with Gasteiger partial charge < -0.3 is 9.64 Å². The normalized spacial score (nSPS) is 16.6. The molecule has 1 aliphatic rings. The fourth-order valence-corrected chi connectivity index (χ4v) is 4.69. The molecule has 0 N–H and O–H groups in total. The average Bonchev–Trinajstić information content (AvgIpc) is 2.73. The Kier molecular flexibility index (Phi) is 6.36. The zero-order valence-corrected chi connectivity index (χ0v) is 17.1. The third-order valence-corrected chi connectivity index (χ3v) is 6.85. The third-order valence-electron chi connectivity index (χ3n) is 4.94. The Labute approximate surface area is 166 Å². The van der Waals surface area contributed by atoms with E-state index in [0.29, 0.717) is 25.3 Å². The molecule has 7 heteroatoms. The summed E-state index contributed by atoms with van der Waals surface area (Å²) in [5.74, 6) is 0.607. The van der Waals surface area contributed by atoms with Crippen LogP contribution in [0.2, 0.25) is 0 Å². The van der Waals surface area contributed by atoms with E-state index in [-0.39, 0.29) is 23.9 Å². The van der Waals surface area contributed by atoms with Crippen LogP contribution in [0.3, 0.4) is 0 Å². The summed E-state index contributed by atoms with van der Waals surface area (Å²) < 4.78 is 32.9. The van der Waals surface area contributed by atoms with E-state index in [1.54, 1.807) is 35.2 Å². The lowest BCUT2D eigenvalue weighted by molar-refractivity contribution is -0.140. The van der Waals surface area contributed by atoms with E-state index in [4.69, 9.17) is 4.74 Å². The number of hydrogen-bond acceptors (Lipinski definition) is 4. The van der Waals surface area contributed by atoms with Crippen LogP contribution >= 0.6 is 0 Å². The number of nitrogens with zero attached hydrogens (tertiary/aromatic N) is 2. The number of carbonyl (C=O) groups is 1. The highest BCUT2D eigenvalue weighted by atomic mass is 32.2. The van der Waals surface area contributed by atoms with Crippen molar-refractivity contribution < 1.29 is 17.9 Å². The topological polar surface area (TPSA) is 66.9 Å². The quantitative estimate of drug-likeness (QED) is 0.745. The van der Waals surface area contributed by atoms with Gasteiger partial charge >= 0.3 is 0 Å². The molecule has 2 aromatic rings. The Morgan fingerprint density at radius 2 is 1.61 bits per heavy atom. The van der Waals surface area contributed by atoms with Crippen molar-refractivity contribution >= 4 is 15.9 Å². The van der Waals surface area contributed by atoms with Gasteiger partial charge in [0.2, 0.25) is 10.0 Å². The molecule has 0 spiro atoms. The van der Waals surface area contributed by atoms with Crippen molar-refractivity contribution in [3.63, 3.8) is 0 Å². The van der Waals surface area contributed by atoms with Gasteiger partial charge in [-0.15, -0.1) is 0 Å². The summed E-state index contributed by atoms with van der Waals surface area (Å²) in [5.41, 5.74) is 0.979. The molecule has 0 radical (unpaired) electrons. The fraction of sp³-hybridized carbons (Fsp3) is 0.381. The lowest BCUT2D eigenvalue weighted by Gasteiger charge is -2.35. The predicted molar refractivity (Wildman–Crippen MR) is 108 cm³/mol. The van der Waals surface area contributed by atoms with Crippen molar-refractivity contribution in [2.45, 2.75) is 31.3 Å². The molecule has 150 valence electrons. The SMILES string of the molecule is CCC(Oc1ccccc1C)C(=O)N1CCN(S(=O)(=O)c2ccccc2)CC1.